The first-order valence-corrected chi connectivity index (χ1v) is 9.80. The Balaban J connectivity index is 1.68. The zero-order valence-electron chi connectivity index (χ0n) is 16.5. The third kappa shape index (κ3) is 2.38. The summed E-state index contributed by atoms with van der Waals surface area (Å²) < 4.78 is 9.93. The monoisotopic (exact) mass is 394 g/mol. The molecule has 1 atom stereocenters. The van der Waals surface area contributed by atoms with Gasteiger partial charge in [0.15, 0.2) is 5.65 Å². The Hall–Kier alpha value is -4.00. The van der Waals surface area contributed by atoms with Crippen molar-refractivity contribution >= 4 is 5.65 Å². The molecule has 0 spiro atoms. The van der Waals surface area contributed by atoms with Crippen LogP contribution in [0.2, 0.25) is 0 Å². The van der Waals surface area contributed by atoms with E-state index >= 15 is 0 Å². The van der Waals surface area contributed by atoms with Crippen LogP contribution in [-0.2, 0) is 0 Å². The first kappa shape index (κ1) is 16.9. The lowest BCUT2D eigenvalue weighted by Gasteiger charge is -2.26. The van der Waals surface area contributed by atoms with Gasteiger partial charge in [0, 0.05) is 0 Å². The molecule has 0 N–H and O–H groups in total. The molecule has 1 aliphatic rings. The van der Waals surface area contributed by atoms with E-state index in [-0.39, 0.29) is 5.92 Å². The highest BCUT2D eigenvalue weighted by Crippen LogP contribution is 2.49. The lowest BCUT2D eigenvalue weighted by Crippen LogP contribution is -2.16. The molecule has 0 fully saturated rings. The largest absolute Gasteiger partial charge is 0.420 e. The number of benzene rings is 2. The Morgan fingerprint density at radius 2 is 1.60 bits per heavy atom. The second-order valence-electron chi connectivity index (χ2n) is 7.39. The van der Waals surface area contributed by atoms with Crippen LogP contribution < -0.4 is 4.74 Å². The van der Waals surface area contributed by atoms with Gasteiger partial charge in [-0.05, 0) is 31.5 Å². The number of rotatable bonds is 2. The van der Waals surface area contributed by atoms with E-state index in [0.29, 0.717) is 17.6 Å². The molecule has 5 aromatic rings. The van der Waals surface area contributed by atoms with Gasteiger partial charge >= 0.3 is 0 Å². The van der Waals surface area contributed by atoms with Crippen molar-refractivity contribution in [3.8, 4) is 17.4 Å². The Morgan fingerprint density at radius 3 is 2.37 bits per heavy atom. The Morgan fingerprint density at radius 1 is 0.867 bits per heavy atom. The van der Waals surface area contributed by atoms with Crippen molar-refractivity contribution in [2.24, 2.45) is 0 Å². The van der Waals surface area contributed by atoms with E-state index in [1.807, 2.05) is 67.1 Å². The quantitative estimate of drug-likeness (QED) is 0.440. The summed E-state index contributed by atoms with van der Waals surface area (Å²) in [6.07, 6.45) is 1.65. The SMILES string of the molecule is Cc1nc2c3c(ncn2n1)Oc1c(c(C)nn1-c1ccccc1)C3c1ccccc1. The number of para-hydroxylation sites is 1. The number of aryl methyl sites for hydroxylation is 2. The average Bonchev–Trinajstić information content (AvgIpc) is 3.32. The van der Waals surface area contributed by atoms with Gasteiger partial charge in [0.1, 0.15) is 12.2 Å². The Kier molecular flexibility index (Phi) is 3.52. The third-order valence-electron chi connectivity index (χ3n) is 5.46. The molecule has 7 nitrogen and oxygen atoms in total. The molecular formula is C23H18N6O. The standard InChI is InChI=1S/C23H18N6O/c1-14-18-19(16-9-5-3-6-10-16)20-21-25-15(2)27-28(21)13-24-22(20)30-23(18)29(26-14)17-11-7-4-8-12-17/h3-13,19H,1-2H3. The highest BCUT2D eigenvalue weighted by molar-refractivity contribution is 5.66. The van der Waals surface area contributed by atoms with Gasteiger partial charge in [-0.15, -0.1) is 0 Å². The van der Waals surface area contributed by atoms with E-state index in [1.165, 1.54) is 0 Å². The molecule has 4 heterocycles. The van der Waals surface area contributed by atoms with Crippen LogP contribution in [0.25, 0.3) is 11.3 Å². The minimum Gasteiger partial charge on any atom is -0.420 e. The fourth-order valence-electron chi connectivity index (χ4n) is 4.21. The van der Waals surface area contributed by atoms with Crippen molar-refractivity contribution in [3.05, 3.63) is 95.2 Å². The second-order valence-corrected chi connectivity index (χ2v) is 7.39. The molecule has 0 amide bonds. The van der Waals surface area contributed by atoms with Gasteiger partial charge in [0.25, 0.3) is 0 Å². The molecule has 3 aromatic heterocycles. The van der Waals surface area contributed by atoms with E-state index < -0.39 is 0 Å². The summed E-state index contributed by atoms with van der Waals surface area (Å²) in [5.74, 6) is 1.81. The van der Waals surface area contributed by atoms with E-state index in [9.17, 15) is 0 Å². The van der Waals surface area contributed by atoms with Crippen LogP contribution in [0.15, 0.2) is 67.0 Å². The molecule has 1 aliphatic heterocycles. The van der Waals surface area contributed by atoms with Gasteiger partial charge in [-0.1, -0.05) is 48.5 Å². The van der Waals surface area contributed by atoms with Crippen LogP contribution in [0.1, 0.15) is 34.1 Å². The summed E-state index contributed by atoms with van der Waals surface area (Å²) in [6.45, 7) is 3.90. The molecule has 6 rings (SSSR count). The molecule has 146 valence electrons. The van der Waals surface area contributed by atoms with Crippen molar-refractivity contribution in [2.75, 3.05) is 0 Å². The lowest BCUT2D eigenvalue weighted by atomic mass is 9.84. The molecule has 7 heteroatoms. The number of hydrogen-bond acceptors (Lipinski definition) is 5. The average molecular weight is 394 g/mol. The molecule has 1 unspecified atom stereocenters. The van der Waals surface area contributed by atoms with Crippen LogP contribution in [0, 0.1) is 13.8 Å². The van der Waals surface area contributed by atoms with Crippen molar-refractivity contribution in [2.45, 2.75) is 19.8 Å². The first-order valence-electron chi connectivity index (χ1n) is 9.80. The van der Waals surface area contributed by atoms with Crippen molar-refractivity contribution in [1.29, 1.82) is 0 Å². The Bertz CT molecular complexity index is 1390. The molecule has 0 saturated heterocycles. The van der Waals surface area contributed by atoms with Crippen molar-refractivity contribution in [1.82, 2.24) is 29.4 Å². The van der Waals surface area contributed by atoms with Gasteiger partial charge in [-0.2, -0.15) is 10.2 Å². The fourth-order valence-corrected chi connectivity index (χ4v) is 4.21. The number of ether oxygens (including phenoxy) is 1. The summed E-state index contributed by atoms with van der Waals surface area (Å²) in [7, 11) is 0. The van der Waals surface area contributed by atoms with E-state index in [4.69, 9.17) is 9.84 Å². The van der Waals surface area contributed by atoms with Crippen LogP contribution in [0.3, 0.4) is 0 Å². The van der Waals surface area contributed by atoms with Crippen molar-refractivity contribution in [3.63, 3.8) is 0 Å². The van der Waals surface area contributed by atoms with Gasteiger partial charge in [-0.25, -0.2) is 19.2 Å². The molecule has 0 bridgehead atoms. The minimum atomic E-state index is -0.109. The normalized spacial score (nSPS) is 14.9. The lowest BCUT2D eigenvalue weighted by molar-refractivity contribution is 0.402. The number of fused-ring (bicyclic) bond motifs is 4. The molecule has 0 radical (unpaired) electrons. The fraction of sp³-hybridized carbons (Fsp3) is 0.130. The van der Waals surface area contributed by atoms with E-state index in [1.54, 1.807) is 10.8 Å². The molecule has 0 aliphatic carbocycles. The minimum absolute atomic E-state index is 0.109. The van der Waals surface area contributed by atoms with Crippen LogP contribution in [-0.4, -0.2) is 29.4 Å². The summed E-state index contributed by atoms with van der Waals surface area (Å²) in [6, 6.07) is 20.4. The summed E-state index contributed by atoms with van der Waals surface area (Å²) in [4.78, 5) is 9.25. The summed E-state index contributed by atoms with van der Waals surface area (Å²) in [5, 5.41) is 9.27. The topological polar surface area (TPSA) is 70.1 Å². The highest BCUT2D eigenvalue weighted by Gasteiger charge is 2.37. The smallest absolute Gasteiger partial charge is 0.230 e. The van der Waals surface area contributed by atoms with Crippen molar-refractivity contribution < 1.29 is 4.74 Å². The van der Waals surface area contributed by atoms with Crippen LogP contribution in [0.4, 0.5) is 0 Å². The predicted octanol–water partition coefficient (Wildman–Crippen LogP) is 4.21. The maximum atomic E-state index is 6.36. The highest BCUT2D eigenvalue weighted by atomic mass is 16.5. The van der Waals surface area contributed by atoms with Gasteiger partial charge in [0.2, 0.25) is 11.8 Å². The first-order chi connectivity index (χ1) is 14.7. The number of nitrogens with zero attached hydrogens (tertiary/aromatic N) is 6. The molecule has 30 heavy (non-hydrogen) atoms. The maximum Gasteiger partial charge on any atom is 0.230 e. The zero-order chi connectivity index (χ0) is 20.2. The molecular weight excluding hydrogens is 376 g/mol. The van der Waals surface area contributed by atoms with Gasteiger partial charge < -0.3 is 4.74 Å². The second kappa shape index (κ2) is 6.25. The maximum absolute atomic E-state index is 6.36. The zero-order valence-corrected chi connectivity index (χ0v) is 16.5. The predicted molar refractivity (Wildman–Crippen MR) is 111 cm³/mol. The van der Waals surface area contributed by atoms with E-state index in [2.05, 4.69) is 27.2 Å². The van der Waals surface area contributed by atoms with Gasteiger partial charge in [-0.3, -0.25) is 0 Å². The Labute approximate surface area is 172 Å². The number of aromatic nitrogens is 6. The third-order valence-corrected chi connectivity index (χ3v) is 5.46. The number of hydrogen-bond donors (Lipinski definition) is 0. The summed E-state index contributed by atoms with van der Waals surface area (Å²) >= 11 is 0. The van der Waals surface area contributed by atoms with E-state index in [0.717, 1.165) is 33.7 Å². The molecule has 2 aromatic carbocycles. The van der Waals surface area contributed by atoms with Crippen LogP contribution in [0.5, 0.6) is 11.8 Å². The molecule has 0 saturated carbocycles. The summed E-state index contributed by atoms with van der Waals surface area (Å²) in [5.41, 5.74) is 5.67. The van der Waals surface area contributed by atoms with Crippen LogP contribution >= 0.6 is 0 Å². The van der Waals surface area contributed by atoms with Gasteiger partial charge in [0.05, 0.1) is 28.4 Å².